The van der Waals surface area contributed by atoms with Crippen LogP contribution < -0.4 is 0 Å². The number of rotatable bonds is 2. The summed E-state index contributed by atoms with van der Waals surface area (Å²) in [5.74, 6) is 0. The highest BCUT2D eigenvalue weighted by Crippen LogP contribution is 2.28. The van der Waals surface area contributed by atoms with Crippen molar-refractivity contribution in [2.75, 3.05) is 0 Å². The molecular weight excluding hydrogens is 302 g/mol. The van der Waals surface area contributed by atoms with Gasteiger partial charge in [0, 0.05) is 10.9 Å². The molecule has 0 saturated carbocycles. The fourth-order valence-electron chi connectivity index (χ4n) is 3.28. The number of hydrogen-bond donors (Lipinski definition) is 0. The zero-order valence-electron chi connectivity index (χ0n) is 14.9. The first-order chi connectivity index (χ1) is 12.1. The molecule has 0 aliphatic carbocycles. The van der Waals surface area contributed by atoms with Gasteiger partial charge in [0.1, 0.15) is 0 Å². The van der Waals surface area contributed by atoms with Gasteiger partial charge in [-0.15, -0.1) is 0 Å². The molecule has 0 aliphatic rings. The summed E-state index contributed by atoms with van der Waals surface area (Å²) in [4.78, 5) is 4.89. The molecule has 3 aromatic carbocycles. The van der Waals surface area contributed by atoms with E-state index in [9.17, 15) is 0 Å². The van der Waals surface area contributed by atoms with Gasteiger partial charge >= 0.3 is 0 Å². The fourth-order valence-corrected chi connectivity index (χ4v) is 3.28. The van der Waals surface area contributed by atoms with Crippen LogP contribution in [0.15, 0.2) is 72.8 Å². The summed E-state index contributed by atoms with van der Waals surface area (Å²) in [6.07, 6.45) is 0. The summed E-state index contributed by atoms with van der Waals surface area (Å²) >= 11 is 0. The molecule has 4 aromatic rings. The average molecular weight is 323 g/mol. The lowest BCUT2D eigenvalue weighted by molar-refractivity contribution is 1.26. The van der Waals surface area contributed by atoms with Crippen molar-refractivity contribution in [3.05, 3.63) is 89.5 Å². The molecule has 0 atom stereocenters. The molecule has 0 bridgehead atoms. The van der Waals surface area contributed by atoms with Gasteiger partial charge in [0.05, 0.1) is 11.2 Å². The zero-order valence-corrected chi connectivity index (χ0v) is 14.9. The minimum Gasteiger partial charge on any atom is -0.248 e. The third-order valence-electron chi connectivity index (χ3n) is 5.02. The molecule has 0 radical (unpaired) electrons. The second-order valence-electron chi connectivity index (χ2n) is 6.71. The number of fused-ring (bicyclic) bond motifs is 1. The van der Waals surface area contributed by atoms with Crippen molar-refractivity contribution in [3.63, 3.8) is 0 Å². The van der Waals surface area contributed by atoms with E-state index in [-0.39, 0.29) is 0 Å². The highest BCUT2D eigenvalue weighted by molar-refractivity contribution is 5.86. The van der Waals surface area contributed by atoms with Gasteiger partial charge in [-0.1, -0.05) is 42.5 Å². The standard InChI is InChI=1S/C24H21N/c1-16-13-22(14-17(2)18(16)3)24-12-10-21-15-20(9-11-23(21)25-24)19-7-5-4-6-8-19/h4-15H,1-3H3. The Morgan fingerprint density at radius 1 is 0.600 bits per heavy atom. The summed E-state index contributed by atoms with van der Waals surface area (Å²) in [6, 6.07) is 25.7. The maximum atomic E-state index is 4.89. The van der Waals surface area contributed by atoms with E-state index in [1.54, 1.807) is 0 Å². The van der Waals surface area contributed by atoms with E-state index < -0.39 is 0 Å². The smallest absolute Gasteiger partial charge is 0.0709 e. The van der Waals surface area contributed by atoms with Gasteiger partial charge in [0.25, 0.3) is 0 Å². The van der Waals surface area contributed by atoms with Gasteiger partial charge < -0.3 is 0 Å². The summed E-state index contributed by atoms with van der Waals surface area (Å²) in [5.41, 5.74) is 9.71. The van der Waals surface area contributed by atoms with Gasteiger partial charge in [-0.2, -0.15) is 0 Å². The number of benzene rings is 3. The number of hydrogen-bond acceptors (Lipinski definition) is 1. The topological polar surface area (TPSA) is 12.9 Å². The molecule has 1 heterocycles. The molecule has 0 spiro atoms. The molecule has 0 unspecified atom stereocenters. The van der Waals surface area contributed by atoms with Crippen LogP contribution in [-0.4, -0.2) is 4.98 Å². The van der Waals surface area contributed by atoms with Crippen LogP contribution in [0.2, 0.25) is 0 Å². The van der Waals surface area contributed by atoms with E-state index in [0.29, 0.717) is 0 Å². The molecule has 0 fully saturated rings. The predicted octanol–water partition coefficient (Wildman–Crippen LogP) is 6.49. The molecule has 122 valence electrons. The Kier molecular flexibility index (Phi) is 3.85. The Bertz CT molecular complexity index is 1040. The third kappa shape index (κ3) is 2.94. The molecule has 0 saturated heterocycles. The SMILES string of the molecule is Cc1cc(-c2ccc3cc(-c4ccccc4)ccc3n2)cc(C)c1C. The van der Waals surface area contributed by atoms with Crippen molar-refractivity contribution in [2.24, 2.45) is 0 Å². The fraction of sp³-hybridized carbons (Fsp3) is 0.125. The minimum atomic E-state index is 1.03. The van der Waals surface area contributed by atoms with Crippen molar-refractivity contribution in [3.8, 4) is 22.4 Å². The van der Waals surface area contributed by atoms with Crippen LogP contribution in [0.1, 0.15) is 16.7 Å². The maximum absolute atomic E-state index is 4.89. The maximum Gasteiger partial charge on any atom is 0.0709 e. The normalized spacial score (nSPS) is 11.0. The van der Waals surface area contributed by atoms with E-state index >= 15 is 0 Å². The van der Waals surface area contributed by atoms with Crippen LogP contribution in [0.4, 0.5) is 0 Å². The lowest BCUT2D eigenvalue weighted by Crippen LogP contribution is -1.91. The Morgan fingerprint density at radius 3 is 2.04 bits per heavy atom. The summed E-state index contributed by atoms with van der Waals surface area (Å²) < 4.78 is 0. The van der Waals surface area contributed by atoms with Crippen molar-refractivity contribution in [1.82, 2.24) is 4.98 Å². The minimum absolute atomic E-state index is 1.03. The van der Waals surface area contributed by atoms with Crippen LogP contribution in [-0.2, 0) is 0 Å². The monoisotopic (exact) mass is 323 g/mol. The van der Waals surface area contributed by atoms with Gasteiger partial charge in [0.15, 0.2) is 0 Å². The van der Waals surface area contributed by atoms with E-state index in [2.05, 4.69) is 87.5 Å². The van der Waals surface area contributed by atoms with E-state index in [1.165, 1.54) is 38.8 Å². The number of nitrogens with zero attached hydrogens (tertiary/aromatic N) is 1. The zero-order chi connectivity index (χ0) is 17.4. The molecule has 25 heavy (non-hydrogen) atoms. The summed E-state index contributed by atoms with van der Waals surface area (Å²) in [5, 5.41) is 1.17. The van der Waals surface area contributed by atoms with Crippen molar-refractivity contribution in [2.45, 2.75) is 20.8 Å². The second-order valence-corrected chi connectivity index (χ2v) is 6.71. The average Bonchev–Trinajstić information content (AvgIpc) is 2.65. The highest BCUT2D eigenvalue weighted by atomic mass is 14.7. The Balaban J connectivity index is 1.79. The van der Waals surface area contributed by atoms with E-state index in [0.717, 1.165) is 11.2 Å². The van der Waals surface area contributed by atoms with Gasteiger partial charge in [0.2, 0.25) is 0 Å². The molecule has 0 aliphatic heterocycles. The molecule has 0 amide bonds. The molecule has 4 rings (SSSR count). The first kappa shape index (κ1) is 15.6. The molecule has 0 N–H and O–H groups in total. The first-order valence-corrected chi connectivity index (χ1v) is 8.66. The lowest BCUT2D eigenvalue weighted by Gasteiger charge is -2.10. The number of aryl methyl sites for hydroxylation is 2. The summed E-state index contributed by atoms with van der Waals surface area (Å²) in [6.45, 7) is 6.51. The Morgan fingerprint density at radius 2 is 1.32 bits per heavy atom. The Labute approximate surface area is 149 Å². The highest BCUT2D eigenvalue weighted by Gasteiger charge is 2.06. The predicted molar refractivity (Wildman–Crippen MR) is 107 cm³/mol. The van der Waals surface area contributed by atoms with Gasteiger partial charge in [-0.05, 0) is 78.9 Å². The van der Waals surface area contributed by atoms with Crippen LogP contribution in [0.25, 0.3) is 33.3 Å². The van der Waals surface area contributed by atoms with Gasteiger partial charge in [-0.3, -0.25) is 0 Å². The van der Waals surface area contributed by atoms with Crippen molar-refractivity contribution < 1.29 is 0 Å². The number of pyridine rings is 1. The molecule has 1 heteroatoms. The van der Waals surface area contributed by atoms with Crippen LogP contribution >= 0.6 is 0 Å². The first-order valence-electron chi connectivity index (χ1n) is 8.66. The van der Waals surface area contributed by atoms with E-state index in [1.807, 2.05) is 6.07 Å². The molecule has 1 aromatic heterocycles. The third-order valence-corrected chi connectivity index (χ3v) is 5.02. The molecular formula is C24H21N. The second kappa shape index (κ2) is 6.18. The van der Waals surface area contributed by atoms with Crippen molar-refractivity contribution in [1.29, 1.82) is 0 Å². The quantitative estimate of drug-likeness (QED) is 0.410. The van der Waals surface area contributed by atoms with Gasteiger partial charge in [-0.25, -0.2) is 4.98 Å². The van der Waals surface area contributed by atoms with Crippen LogP contribution in [0.3, 0.4) is 0 Å². The summed E-state index contributed by atoms with van der Waals surface area (Å²) in [7, 11) is 0. The van der Waals surface area contributed by atoms with E-state index in [4.69, 9.17) is 4.98 Å². The molecule has 1 nitrogen and oxygen atoms in total. The van der Waals surface area contributed by atoms with Crippen LogP contribution in [0, 0.1) is 20.8 Å². The van der Waals surface area contributed by atoms with Crippen molar-refractivity contribution >= 4 is 10.9 Å². The van der Waals surface area contributed by atoms with Crippen LogP contribution in [0.5, 0.6) is 0 Å². The largest absolute Gasteiger partial charge is 0.248 e. The Hall–Kier alpha value is -2.93. The lowest BCUT2D eigenvalue weighted by atomic mass is 9.98. The number of aromatic nitrogens is 1.